The average Bonchev–Trinajstić information content (AvgIpc) is 3.08. The van der Waals surface area contributed by atoms with Gasteiger partial charge in [0, 0.05) is 29.5 Å². The Morgan fingerprint density at radius 3 is 1.51 bits per heavy atom. The molecule has 0 bridgehead atoms. The second kappa shape index (κ2) is 14.7. The molecule has 2 saturated heterocycles. The molecule has 13 heteroatoms. The van der Waals surface area contributed by atoms with Crippen LogP contribution in [0.1, 0.15) is 48.9 Å². The Labute approximate surface area is 286 Å². The van der Waals surface area contributed by atoms with Crippen LogP contribution >= 0.6 is 0 Å². The second-order valence-corrected chi connectivity index (χ2v) is 15.1. The number of benzene rings is 4. The van der Waals surface area contributed by atoms with Gasteiger partial charge in [0.15, 0.2) is 12.6 Å². The van der Waals surface area contributed by atoms with E-state index in [1.165, 1.54) is 12.1 Å². The van der Waals surface area contributed by atoms with Crippen LogP contribution in [0.3, 0.4) is 0 Å². The molecule has 2 atom stereocenters. The predicted molar refractivity (Wildman–Crippen MR) is 183 cm³/mol. The summed E-state index contributed by atoms with van der Waals surface area (Å²) in [4.78, 5) is 12.1. The van der Waals surface area contributed by atoms with Crippen molar-refractivity contribution in [3.63, 3.8) is 0 Å². The van der Waals surface area contributed by atoms with Crippen molar-refractivity contribution in [3.8, 4) is 44.9 Å². The summed E-state index contributed by atoms with van der Waals surface area (Å²) < 4.78 is 85.3. The van der Waals surface area contributed by atoms with E-state index >= 15 is 0 Å². The van der Waals surface area contributed by atoms with Crippen LogP contribution in [0.4, 0.5) is 0 Å². The van der Waals surface area contributed by atoms with E-state index in [-0.39, 0.29) is 34.2 Å². The van der Waals surface area contributed by atoms with Crippen molar-refractivity contribution >= 4 is 26.0 Å². The number of hydrogen-bond acceptors (Lipinski definition) is 9. The van der Waals surface area contributed by atoms with Gasteiger partial charge in [-0.3, -0.25) is 9.35 Å². The Balaban J connectivity index is 1.42. The summed E-state index contributed by atoms with van der Waals surface area (Å²) in [6, 6.07) is 23.3. The van der Waals surface area contributed by atoms with Crippen LogP contribution in [0, 0.1) is 0 Å². The first-order chi connectivity index (χ1) is 23.4. The lowest BCUT2D eigenvalue weighted by Gasteiger charge is -2.23. The first-order valence-electron chi connectivity index (χ1n) is 16.0. The van der Waals surface area contributed by atoms with E-state index in [4.69, 9.17) is 18.9 Å². The van der Waals surface area contributed by atoms with Crippen LogP contribution in [-0.2, 0) is 29.6 Å². The number of amides is 1. The number of hydrogen-bond donors (Lipinski definition) is 2. The minimum absolute atomic E-state index is 0.124. The van der Waals surface area contributed by atoms with E-state index in [1.807, 2.05) is 4.72 Å². The highest BCUT2D eigenvalue weighted by Crippen LogP contribution is 2.41. The lowest BCUT2D eigenvalue weighted by atomic mass is 9.92. The number of ether oxygens (including phenoxy) is 4. The monoisotopic (exact) mass is 707 g/mol. The van der Waals surface area contributed by atoms with Crippen molar-refractivity contribution < 1.29 is 45.1 Å². The molecule has 6 rings (SSSR count). The van der Waals surface area contributed by atoms with Gasteiger partial charge in [0.25, 0.3) is 16.0 Å². The van der Waals surface area contributed by atoms with Gasteiger partial charge in [0.2, 0.25) is 10.0 Å². The Morgan fingerprint density at radius 2 is 1.12 bits per heavy atom. The molecule has 0 aromatic heterocycles. The zero-order chi connectivity index (χ0) is 34.6. The largest absolute Gasteiger partial charge is 0.465 e. The highest BCUT2D eigenvalue weighted by Gasteiger charge is 2.25. The molecule has 258 valence electrons. The molecule has 49 heavy (non-hydrogen) atoms. The van der Waals surface area contributed by atoms with Gasteiger partial charge in [0.05, 0.1) is 19.5 Å². The highest BCUT2D eigenvalue weighted by molar-refractivity contribution is 7.89. The second-order valence-electron chi connectivity index (χ2n) is 12.0. The molecule has 1 amide bonds. The third kappa shape index (κ3) is 8.86. The van der Waals surface area contributed by atoms with Crippen LogP contribution in [-0.4, -0.2) is 59.3 Å². The molecule has 2 N–H and O–H groups in total. The van der Waals surface area contributed by atoms with Gasteiger partial charge in [-0.15, -0.1) is 0 Å². The fourth-order valence-electron chi connectivity index (χ4n) is 5.88. The van der Waals surface area contributed by atoms with Gasteiger partial charge in [-0.05, 0) is 96.5 Å². The van der Waals surface area contributed by atoms with E-state index in [0.29, 0.717) is 47.0 Å². The Morgan fingerprint density at radius 1 is 0.673 bits per heavy atom. The molecule has 4 aromatic carbocycles. The normalized spacial score (nSPS) is 18.4. The quantitative estimate of drug-likeness (QED) is 0.176. The number of carbonyl (C=O) groups is 1. The van der Waals surface area contributed by atoms with E-state index < -0.39 is 26.0 Å². The smallest absolute Gasteiger partial charge is 0.295 e. The number of sulfonamides is 1. The maximum Gasteiger partial charge on any atom is 0.295 e. The van der Waals surface area contributed by atoms with Crippen molar-refractivity contribution in [1.29, 1.82) is 0 Å². The van der Waals surface area contributed by atoms with Crippen LogP contribution in [0.25, 0.3) is 33.4 Å². The van der Waals surface area contributed by atoms with Crippen LogP contribution < -0.4 is 14.2 Å². The predicted octanol–water partition coefficient (Wildman–Crippen LogP) is 6.43. The Kier molecular flexibility index (Phi) is 10.4. The molecule has 4 aromatic rings. The summed E-state index contributed by atoms with van der Waals surface area (Å²) in [5.74, 6) is 0.334. The van der Waals surface area contributed by atoms with E-state index in [1.54, 1.807) is 72.8 Å². The zero-order valence-electron chi connectivity index (χ0n) is 26.8. The SMILES string of the molecule is CS(=O)(=O)NC(=O)c1ccc(-c2cc(-c3ccc(OC4CCCCO4)cc3)c(S(=O)(=O)O)c(-c3ccc(OC4CCCCO4)cc3)c2)cc1. The maximum absolute atomic E-state index is 13.1. The summed E-state index contributed by atoms with van der Waals surface area (Å²) >= 11 is 0. The van der Waals surface area contributed by atoms with Gasteiger partial charge in [-0.2, -0.15) is 8.42 Å². The minimum atomic E-state index is -4.77. The Hall–Kier alpha value is -4.27. The number of carbonyl (C=O) groups excluding carboxylic acids is 1. The number of nitrogens with one attached hydrogen (secondary N) is 1. The molecule has 0 spiro atoms. The molecule has 2 unspecified atom stereocenters. The first kappa shape index (κ1) is 34.6. The van der Waals surface area contributed by atoms with E-state index in [9.17, 15) is 26.2 Å². The van der Waals surface area contributed by atoms with E-state index in [2.05, 4.69) is 0 Å². The molecule has 2 aliphatic heterocycles. The van der Waals surface area contributed by atoms with Gasteiger partial charge in [0.1, 0.15) is 16.4 Å². The third-order valence-electron chi connectivity index (χ3n) is 8.25. The fourth-order valence-corrected chi connectivity index (χ4v) is 7.25. The molecule has 2 aliphatic rings. The maximum atomic E-state index is 13.1. The minimum Gasteiger partial charge on any atom is -0.465 e. The molecule has 2 heterocycles. The van der Waals surface area contributed by atoms with Gasteiger partial charge < -0.3 is 18.9 Å². The summed E-state index contributed by atoms with van der Waals surface area (Å²) in [6.07, 6.45) is 5.68. The van der Waals surface area contributed by atoms with Gasteiger partial charge in [-0.1, -0.05) is 36.4 Å². The number of rotatable bonds is 10. The summed E-state index contributed by atoms with van der Waals surface area (Å²) in [5.41, 5.74) is 2.82. The highest BCUT2D eigenvalue weighted by atomic mass is 32.2. The molecule has 11 nitrogen and oxygen atoms in total. The summed E-state index contributed by atoms with van der Waals surface area (Å²) in [6.45, 7) is 1.25. The summed E-state index contributed by atoms with van der Waals surface area (Å²) in [5, 5.41) is 0. The van der Waals surface area contributed by atoms with Crippen molar-refractivity contribution in [2.24, 2.45) is 0 Å². The van der Waals surface area contributed by atoms with Crippen molar-refractivity contribution in [2.75, 3.05) is 19.5 Å². The molecule has 0 radical (unpaired) electrons. The van der Waals surface area contributed by atoms with Gasteiger partial charge in [-0.25, -0.2) is 13.1 Å². The van der Waals surface area contributed by atoms with E-state index in [0.717, 1.165) is 44.8 Å². The third-order valence-corrected chi connectivity index (χ3v) is 9.76. The Bertz CT molecular complexity index is 1920. The van der Waals surface area contributed by atoms with Crippen LogP contribution in [0.15, 0.2) is 89.8 Å². The van der Waals surface area contributed by atoms with Gasteiger partial charge >= 0.3 is 0 Å². The first-order valence-corrected chi connectivity index (χ1v) is 19.3. The molecule has 0 aliphatic carbocycles. The molecular weight excluding hydrogens is 671 g/mol. The zero-order valence-corrected chi connectivity index (χ0v) is 28.5. The van der Waals surface area contributed by atoms with Crippen LogP contribution in [0.2, 0.25) is 0 Å². The standard InChI is InChI=1S/C36H37NO10S2/c1-48(39,40)37-36(38)27-10-8-24(9-11-27)28-22-31(25-12-16-29(17-13-25)46-33-6-2-4-20-44-33)35(49(41,42)43)32(23-28)26-14-18-30(19-15-26)47-34-7-3-5-21-45-34/h8-19,22-23,33-34H,2-7,20-21H2,1H3,(H,37,38)(H,41,42,43). The van der Waals surface area contributed by atoms with Crippen LogP contribution in [0.5, 0.6) is 11.5 Å². The average molecular weight is 708 g/mol. The molecular formula is C36H37NO10S2. The lowest BCUT2D eigenvalue weighted by molar-refractivity contribution is -0.106. The van der Waals surface area contributed by atoms with Crippen molar-refractivity contribution in [2.45, 2.75) is 56.0 Å². The molecule has 2 fully saturated rings. The molecule has 0 saturated carbocycles. The van der Waals surface area contributed by atoms with Crippen molar-refractivity contribution in [3.05, 3.63) is 90.5 Å². The lowest BCUT2D eigenvalue weighted by Crippen LogP contribution is -2.29. The fraction of sp³-hybridized carbons (Fsp3) is 0.306. The summed E-state index contributed by atoms with van der Waals surface area (Å²) in [7, 11) is -8.53. The topological polar surface area (TPSA) is 155 Å². The van der Waals surface area contributed by atoms with Crippen molar-refractivity contribution in [1.82, 2.24) is 4.72 Å².